The van der Waals surface area contributed by atoms with Gasteiger partial charge in [0.15, 0.2) is 0 Å². The van der Waals surface area contributed by atoms with Gasteiger partial charge in [0.05, 0.1) is 6.61 Å². The minimum absolute atomic E-state index is 0.663. The van der Waals surface area contributed by atoms with E-state index in [1.807, 2.05) is 24.3 Å². The number of benzene rings is 2. The van der Waals surface area contributed by atoms with Gasteiger partial charge >= 0.3 is 0 Å². The second-order valence-electron chi connectivity index (χ2n) is 5.32. The third kappa shape index (κ3) is 2.30. The van der Waals surface area contributed by atoms with E-state index in [1.165, 1.54) is 5.56 Å². The van der Waals surface area contributed by atoms with Gasteiger partial charge in [-0.25, -0.2) is 0 Å². The van der Waals surface area contributed by atoms with E-state index in [9.17, 15) is 5.11 Å². The zero-order chi connectivity index (χ0) is 14.2. The Balaban J connectivity index is 2.09. The highest BCUT2D eigenvalue weighted by molar-refractivity contribution is 6.30. The fraction of sp³-hybridized carbons (Fsp3) is 0.294. The van der Waals surface area contributed by atoms with Crippen molar-refractivity contribution in [3.05, 3.63) is 64.2 Å². The van der Waals surface area contributed by atoms with Crippen LogP contribution in [0.15, 0.2) is 42.5 Å². The molecule has 0 aliphatic carbocycles. The highest BCUT2D eigenvalue weighted by atomic mass is 35.5. The Hall–Kier alpha value is -1.51. The molecule has 1 aliphatic rings. The highest BCUT2D eigenvalue weighted by Gasteiger charge is 2.31. The van der Waals surface area contributed by atoms with Crippen LogP contribution >= 0.6 is 11.6 Å². The predicted molar refractivity (Wildman–Crippen MR) is 80.4 cm³/mol. The summed E-state index contributed by atoms with van der Waals surface area (Å²) >= 11 is 5.92. The molecule has 3 rings (SSSR count). The maximum atomic E-state index is 11.0. The van der Waals surface area contributed by atoms with Crippen LogP contribution in [0.2, 0.25) is 5.02 Å². The molecule has 0 radical (unpaired) electrons. The van der Waals surface area contributed by atoms with Gasteiger partial charge in [0.2, 0.25) is 0 Å². The van der Waals surface area contributed by atoms with Gasteiger partial charge < -0.3 is 9.84 Å². The van der Waals surface area contributed by atoms with Crippen LogP contribution in [0.4, 0.5) is 0 Å². The Morgan fingerprint density at radius 1 is 1.15 bits per heavy atom. The molecule has 0 aromatic heterocycles. The lowest BCUT2D eigenvalue weighted by molar-refractivity contribution is 0.0968. The summed E-state index contributed by atoms with van der Waals surface area (Å²) in [6, 6.07) is 13.3. The number of ether oxygens (including phenoxy) is 1. The second kappa shape index (κ2) is 5.12. The van der Waals surface area contributed by atoms with E-state index in [0.717, 1.165) is 29.7 Å². The van der Waals surface area contributed by atoms with Crippen LogP contribution in [0.1, 0.15) is 30.0 Å². The van der Waals surface area contributed by atoms with Crippen LogP contribution in [0.25, 0.3) is 0 Å². The Morgan fingerprint density at radius 2 is 1.90 bits per heavy atom. The first-order chi connectivity index (χ1) is 9.59. The highest BCUT2D eigenvalue weighted by Crippen LogP contribution is 2.39. The SMILES string of the molecule is CC(O)(c1ccc(Cl)cc1)c1cccc2c1OCCC2. The summed E-state index contributed by atoms with van der Waals surface area (Å²) in [6.45, 7) is 2.50. The molecule has 3 heteroatoms. The minimum atomic E-state index is -1.09. The lowest BCUT2D eigenvalue weighted by Crippen LogP contribution is -2.25. The van der Waals surface area contributed by atoms with E-state index >= 15 is 0 Å². The number of para-hydroxylation sites is 1. The van der Waals surface area contributed by atoms with Crippen LogP contribution < -0.4 is 4.74 Å². The minimum Gasteiger partial charge on any atom is -0.493 e. The van der Waals surface area contributed by atoms with E-state index in [1.54, 1.807) is 19.1 Å². The Bertz CT molecular complexity index is 617. The molecule has 104 valence electrons. The van der Waals surface area contributed by atoms with Gasteiger partial charge in [-0.3, -0.25) is 0 Å². The fourth-order valence-electron chi connectivity index (χ4n) is 2.70. The predicted octanol–water partition coefficient (Wildman–Crippen LogP) is 3.92. The number of hydrogen-bond donors (Lipinski definition) is 1. The van der Waals surface area contributed by atoms with Crippen molar-refractivity contribution in [2.45, 2.75) is 25.4 Å². The van der Waals surface area contributed by atoms with E-state index in [2.05, 4.69) is 6.07 Å². The monoisotopic (exact) mass is 288 g/mol. The zero-order valence-corrected chi connectivity index (χ0v) is 12.2. The van der Waals surface area contributed by atoms with Crippen molar-refractivity contribution in [3.63, 3.8) is 0 Å². The van der Waals surface area contributed by atoms with Gasteiger partial charge in [0.1, 0.15) is 11.4 Å². The van der Waals surface area contributed by atoms with Crippen molar-refractivity contribution in [1.82, 2.24) is 0 Å². The van der Waals surface area contributed by atoms with Crippen LogP contribution in [0.5, 0.6) is 5.75 Å². The zero-order valence-electron chi connectivity index (χ0n) is 11.4. The molecular weight excluding hydrogens is 272 g/mol. The third-order valence-electron chi connectivity index (χ3n) is 3.86. The maximum absolute atomic E-state index is 11.0. The molecule has 2 aromatic carbocycles. The molecule has 0 saturated heterocycles. The lowest BCUT2D eigenvalue weighted by Gasteiger charge is -2.29. The van der Waals surface area contributed by atoms with Crippen molar-refractivity contribution in [2.75, 3.05) is 6.61 Å². The number of aryl methyl sites for hydroxylation is 1. The molecule has 20 heavy (non-hydrogen) atoms. The van der Waals surface area contributed by atoms with Crippen molar-refractivity contribution in [1.29, 1.82) is 0 Å². The molecule has 1 aliphatic heterocycles. The van der Waals surface area contributed by atoms with Crippen molar-refractivity contribution < 1.29 is 9.84 Å². The van der Waals surface area contributed by atoms with Crippen LogP contribution in [-0.2, 0) is 12.0 Å². The first kappa shape index (κ1) is 13.5. The van der Waals surface area contributed by atoms with Gasteiger partial charge in [-0.05, 0) is 43.0 Å². The molecule has 0 fully saturated rings. The molecular formula is C17H17ClO2. The molecule has 0 amide bonds. The summed E-state index contributed by atoms with van der Waals surface area (Å²) in [6.07, 6.45) is 2.03. The number of halogens is 1. The Morgan fingerprint density at radius 3 is 2.65 bits per heavy atom. The standard InChI is InChI=1S/C17H17ClO2/c1-17(19,13-7-9-14(18)10-8-13)15-6-2-4-12-5-3-11-20-16(12)15/h2,4,6-10,19H,3,5,11H2,1H3. The van der Waals surface area contributed by atoms with E-state index < -0.39 is 5.60 Å². The first-order valence-electron chi connectivity index (χ1n) is 6.82. The van der Waals surface area contributed by atoms with Crippen LogP contribution in [0, 0.1) is 0 Å². The third-order valence-corrected chi connectivity index (χ3v) is 4.12. The maximum Gasteiger partial charge on any atom is 0.128 e. The average Bonchev–Trinajstić information content (AvgIpc) is 2.47. The number of fused-ring (bicyclic) bond motifs is 1. The first-order valence-corrected chi connectivity index (χ1v) is 7.20. The molecule has 0 spiro atoms. The Kier molecular flexibility index (Phi) is 3.45. The molecule has 1 atom stereocenters. The van der Waals surface area contributed by atoms with Gasteiger partial charge in [-0.1, -0.05) is 41.9 Å². The molecule has 0 saturated carbocycles. The average molecular weight is 289 g/mol. The summed E-state index contributed by atoms with van der Waals surface area (Å²) in [4.78, 5) is 0. The van der Waals surface area contributed by atoms with Crippen LogP contribution in [-0.4, -0.2) is 11.7 Å². The van der Waals surface area contributed by atoms with Crippen LogP contribution in [0.3, 0.4) is 0 Å². The Labute approximate surface area is 124 Å². The summed E-state index contributed by atoms with van der Waals surface area (Å²) in [5.74, 6) is 0.832. The molecule has 1 heterocycles. The molecule has 2 nitrogen and oxygen atoms in total. The van der Waals surface area contributed by atoms with E-state index in [4.69, 9.17) is 16.3 Å². The largest absolute Gasteiger partial charge is 0.493 e. The normalized spacial score (nSPS) is 16.9. The van der Waals surface area contributed by atoms with Gasteiger partial charge in [-0.2, -0.15) is 0 Å². The van der Waals surface area contributed by atoms with Crippen molar-refractivity contribution in [2.24, 2.45) is 0 Å². The van der Waals surface area contributed by atoms with Gasteiger partial charge in [-0.15, -0.1) is 0 Å². The summed E-state index contributed by atoms with van der Waals surface area (Å²) in [5.41, 5.74) is 1.71. The topological polar surface area (TPSA) is 29.5 Å². The second-order valence-corrected chi connectivity index (χ2v) is 5.76. The van der Waals surface area contributed by atoms with E-state index in [-0.39, 0.29) is 0 Å². The fourth-order valence-corrected chi connectivity index (χ4v) is 2.83. The number of hydrogen-bond acceptors (Lipinski definition) is 2. The molecule has 0 bridgehead atoms. The summed E-state index contributed by atoms with van der Waals surface area (Å²) in [7, 11) is 0. The van der Waals surface area contributed by atoms with Crippen molar-refractivity contribution >= 4 is 11.6 Å². The van der Waals surface area contributed by atoms with E-state index in [0.29, 0.717) is 11.6 Å². The van der Waals surface area contributed by atoms with Gasteiger partial charge in [0, 0.05) is 10.6 Å². The number of rotatable bonds is 2. The smallest absolute Gasteiger partial charge is 0.128 e. The van der Waals surface area contributed by atoms with Crippen molar-refractivity contribution in [3.8, 4) is 5.75 Å². The number of aliphatic hydroxyl groups is 1. The lowest BCUT2D eigenvalue weighted by atomic mass is 9.85. The molecule has 1 unspecified atom stereocenters. The summed E-state index contributed by atoms with van der Waals surface area (Å²) in [5, 5.41) is 11.6. The molecule has 2 aromatic rings. The molecule has 1 N–H and O–H groups in total. The summed E-state index contributed by atoms with van der Waals surface area (Å²) < 4.78 is 5.80. The quantitative estimate of drug-likeness (QED) is 0.907. The van der Waals surface area contributed by atoms with Gasteiger partial charge in [0.25, 0.3) is 0 Å².